The van der Waals surface area contributed by atoms with Crippen molar-refractivity contribution in [3.63, 3.8) is 0 Å². The predicted octanol–water partition coefficient (Wildman–Crippen LogP) is 13.7. The van der Waals surface area contributed by atoms with Gasteiger partial charge in [0, 0.05) is 55.9 Å². The first kappa shape index (κ1) is 69.4. The molecule has 12 rings (SSSR count). The second-order valence-corrected chi connectivity index (χ2v) is 27.5. The van der Waals surface area contributed by atoms with E-state index in [4.69, 9.17) is 52.6 Å². The SMILES string of the molecule is COCC(=O)c1cc2c(C3CCCN(C(=O)OC(C)(C)C)C3)cc(-c3c(OCc4ccc(OC)cc4)cccc3OCC3CC3)nc2[nH]c1=O.COc1ccc(COc2cccc(OCC3CC3)c2-c2cc(C3CCCN(C(=O)OC(C)(C)C)C3)c3cc(C(=O)O)c(=O)[nH]c3n2)cc1. The number of methoxy groups -OCH3 is 3. The molecule has 98 heavy (non-hydrogen) atoms. The van der Waals surface area contributed by atoms with Gasteiger partial charge in [0.2, 0.25) is 0 Å². The maximum Gasteiger partial charge on any atom is 0.410 e. The van der Waals surface area contributed by atoms with Crippen LogP contribution >= 0.6 is 0 Å². The van der Waals surface area contributed by atoms with Crippen molar-refractivity contribution in [2.75, 3.05) is 67.3 Å². The van der Waals surface area contributed by atoms with Gasteiger partial charge in [0.1, 0.15) is 82.4 Å². The molecule has 4 aromatic carbocycles. The van der Waals surface area contributed by atoms with Crippen LogP contribution in [0.15, 0.2) is 119 Å². The Hall–Kier alpha value is -9.96. The predicted molar refractivity (Wildman–Crippen MR) is 369 cm³/mol. The summed E-state index contributed by atoms with van der Waals surface area (Å²) in [5.74, 6) is 2.74. The van der Waals surface area contributed by atoms with E-state index >= 15 is 0 Å². The zero-order valence-corrected chi connectivity index (χ0v) is 57.1. The Kier molecular flexibility index (Phi) is 21.4. The second-order valence-electron chi connectivity index (χ2n) is 27.5. The lowest BCUT2D eigenvalue weighted by atomic mass is 9.87. The van der Waals surface area contributed by atoms with E-state index in [1.807, 2.05) is 139 Å². The van der Waals surface area contributed by atoms with Gasteiger partial charge in [-0.25, -0.2) is 24.4 Å². The van der Waals surface area contributed by atoms with Gasteiger partial charge in [-0.05, 0) is 200 Å². The van der Waals surface area contributed by atoms with Crippen LogP contribution < -0.4 is 39.5 Å². The molecule has 2 unspecified atom stereocenters. The molecule has 6 heterocycles. The van der Waals surface area contributed by atoms with Crippen molar-refractivity contribution in [1.82, 2.24) is 29.7 Å². The summed E-state index contributed by atoms with van der Waals surface area (Å²) < 4.78 is 52.6. The minimum Gasteiger partial charge on any atom is -0.497 e. The van der Waals surface area contributed by atoms with Crippen molar-refractivity contribution < 1.29 is 66.9 Å². The third-order valence-corrected chi connectivity index (χ3v) is 17.5. The minimum absolute atomic E-state index is 0.00774. The molecule has 2 saturated heterocycles. The second kappa shape index (κ2) is 30.2. The first-order chi connectivity index (χ1) is 47.0. The van der Waals surface area contributed by atoms with Crippen LogP contribution in [0.5, 0.6) is 34.5 Å². The number of nitrogens with one attached hydrogen (secondary N) is 2. The molecule has 516 valence electrons. The Morgan fingerprint density at radius 3 is 1.31 bits per heavy atom. The summed E-state index contributed by atoms with van der Waals surface area (Å²) in [5, 5.41) is 10.9. The van der Waals surface area contributed by atoms with Crippen LogP contribution in [0.3, 0.4) is 0 Å². The van der Waals surface area contributed by atoms with E-state index in [-0.39, 0.29) is 47.9 Å². The highest BCUT2D eigenvalue weighted by molar-refractivity contribution is 6.00. The number of rotatable bonds is 22. The molecule has 2 saturated carbocycles. The van der Waals surface area contributed by atoms with E-state index in [0.717, 1.165) is 85.1 Å². The van der Waals surface area contributed by atoms with Crippen molar-refractivity contribution >= 4 is 46.0 Å². The minimum atomic E-state index is -1.33. The molecule has 22 heteroatoms. The number of amides is 2. The Morgan fingerprint density at radius 1 is 0.531 bits per heavy atom. The average Bonchev–Trinajstić information content (AvgIpc) is 1.09. The third-order valence-electron chi connectivity index (χ3n) is 17.5. The van der Waals surface area contributed by atoms with Crippen LogP contribution in [0.1, 0.15) is 148 Å². The van der Waals surface area contributed by atoms with Crippen molar-refractivity contribution in [3.05, 3.63) is 163 Å². The normalized spacial score (nSPS) is 16.3. The van der Waals surface area contributed by atoms with Gasteiger partial charge < -0.3 is 67.5 Å². The average molecular weight is 1340 g/mol. The van der Waals surface area contributed by atoms with Gasteiger partial charge in [0.25, 0.3) is 11.1 Å². The van der Waals surface area contributed by atoms with E-state index in [2.05, 4.69) is 9.97 Å². The largest absolute Gasteiger partial charge is 0.497 e. The summed E-state index contributed by atoms with van der Waals surface area (Å²) in [6.07, 6.45) is 6.68. The first-order valence-corrected chi connectivity index (χ1v) is 33.4. The number of benzene rings is 4. The molecule has 2 aliphatic carbocycles. The molecular formula is C76H86N6O16. The molecule has 2 aliphatic heterocycles. The number of ether oxygens (including phenoxy) is 9. The standard InChI is InChI=1S/C39H45N3O8.C37H41N3O8/c1-39(2,3)50-38(45)42-17-7-8-26(20-42)28-19-31(40-36-29(28)18-30(37(44)41-36)32(43)23-46-4)35-33(48-21-24-11-12-24)9-6-10-34(35)49-22-25-13-15-27(47-5)16-14-25;1-37(2,3)48-36(44)40-16-6-7-24(19-40)26-18-29(38-33-27(26)17-28(35(42)43)34(41)39-33)32-30(46-20-22-10-11-22)8-5-9-31(32)47-21-23-12-14-25(45-4)15-13-23/h6,9-10,13-16,18-19,24,26H,7-8,11-12,17,20-23H2,1-5H3,(H,40,41,44);5,8-9,12-15,17-18,22,24H,6-7,10-11,16,19-21H2,1-4H3,(H,42,43)(H,38,39,41). The fraction of sp³-hybridized carbons (Fsp3) is 0.421. The van der Waals surface area contributed by atoms with Gasteiger partial charge in [-0.1, -0.05) is 36.4 Å². The fourth-order valence-corrected chi connectivity index (χ4v) is 12.1. The number of carboxylic acids is 1. The maximum absolute atomic E-state index is 13.3. The van der Waals surface area contributed by atoms with Gasteiger partial charge in [-0.2, -0.15) is 0 Å². The number of aromatic amines is 2. The number of pyridine rings is 4. The van der Waals surface area contributed by atoms with Crippen LogP contribution in [0.25, 0.3) is 44.6 Å². The highest BCUT2D eigenvalue weighted by Gasteiger charge is 2.34. The topological polar surface area (TPSA) is 270 Å². The zero-order valence-electron chi connectivity index (χ0n) is 57.1. The molecule has 0 spiro atoms. The van der Waals surface area contributed by atoms with Gasteiger partial charge in [-0.15, -0.1) is 0 Å². The van der Waals surface area contributed by atoms with Gasteiger partial charge in [0.05, 0.1) is 55.5 Å². The Balaban J connectivity index is 0.000000199. The van der Waals surface area contributed by atoms with Crippen LogP contribution in [0, 0.1) is 11.8 Å². The lowest BCUT2D eigenvalue weighted by Crippen LogP contribution is -2.42. The number of hydrogen-bond acceptors (Lipinski definition) is 17. The van der Waals surface area contributed by atoms with Gasteiger partial charge in [0.15, 0.2) is 5.78 Å². The molecule has 3 N–H and O–H groups in total. The number of nitrogens with zero attached hydrogens (tertiary/aromatic N) is 4. The number of carbonyl (C=O) groups excluding carboxylic acids is 3. The fourth-order valence-electron chi connectivity index (χ4n) is 12.1. The van der Waals surface area contributed by atoms with E-state index in [0.29, 0.717) is 120 Å². The lowest BCUT2D eigenvalue weighted by molar-refractivity contribution is 0.0189. The number of aromatic nitrogens is 4. The number of piperidine rings is 2. The molecule has 22 nitrogen and oxygen atoms in total. The van der Waals surface area contributed by atoms with E-state index in [1.54, 1.807) is 30.1 Å². The Labute approximate surface area is 568 Å². The van der Waals surface area contributed by atoms with Crippen LogP contribution in [0.2, 0.25) is 0 Å². The number of fused-ring (bicyclic) bond motifs is 2. The van der Waals surface area contributed by atoms with Crippen molar-refractivity contribution in [2.45, 2.75) is 129 Å². The highest BCUT2D eigenvalue weighted by atomic mass is 16.6. The monoisotopic (exact) mass is 1340 g/mol. The van der Waals surface area contributed by atoms with Crippen LogP contribution in [-0.4, -0.2) is 137 Å². The van der Waals surface area contributed by atoms with E-state index in [1.165, 1.54) is 13.2 Å². The van der Waals surface area contributed by atoms with E-state index in [9.17, 15) is 33.9 Å². The molecule has 2 amide bonds. The number of hydrogen-bond donors (Lipinski definition) is 3. The van der Waals surface area contributed by atoms with Crippen molar-refractivity contribution in [3.8, 4) is 57.0 Å². The summed E-state index contributed by atoms with van der Waals surface area (Å²) in [4.78, 5) is 96.3. The molecule has 0 radical (unpaired) electrons. The number of H-pyrrole nitrogens is 2. The molecule has 8 aromatic rings. The number of carbonyl (C=O) groups is 4. The molecule has 0 bridgehead atoms. The Morgan fingerprint density at radius 2 is 0.929 bits per heavy atom. The van der Waals surface area contributed by atoms with Crippen molar-refractivity contribution in [2.24, 2.45) is 11.8 Å². The Bertz CT molecular complexity index is 4340. The number of carboxylic acid groups (broad SMARTS) is 1. The molecule has 4 aliphatic rings. The number of aromatic carboxylic acids is 1. The maximum atomic E-state index is 13.3. The smallest absolute Gasteiger partial charge is 0.410 e. The summed E-state index contributed by atoms with van der Waals surface area (Å²) in [6, 6.07) is 33.5. The van der Waals surface area contributed by atoms with Crippen LogP contribution in [-0.2, 0) is 27.4 Å². The van der Waals surface area contributed by atoms with Crippen molar-refractivity contribution in [1.29, 1.82) is 0 Å². The quantitative estimate of drug-likeness (QED) is 0.0532. The summed E-state index contributed by atoms with van der Waals surface area (Å²) in [7, 11) is 4.66. The highest BCUT2D eigenvalue weighted by Crippen LogP contribution is 2.45. The summed E-state index contributed by atoms with van der Waals surface area (Å²) in [6.45, 7) is 14.4. The van der Waals surface area contributed by atoms with Gasteiger partial charge >= 0.3 is 18.2 Å². The number of Topliss-reactive ketones (excluding diaryl/α,β-unsaturated/α-hetero) is 1. The number of likely N-dealkylation sites (tertiary alicyclic amines) is 2. The molecule has 2 atom stereocenters. The molecular weight excluding hydrogens is 1250 g/mol. The zero-order chi connectivity index (χ0) is 69.4. The van der Waals surface area contributed by atoms with Crippen LogP contribution in [0.4, 0.5) is 9.59 Å². The van der Waals surface area contributed by atoms with E-state index < -0.39 is 40.2 Å². The van der Waals surface area contributed by atoms with Gasteiger partial charge in [-0.3, -0.25) is 14.4 Å². The summed E-state index contributed by atoms with van der Waals surface area (Å²) >= 11 is 0. The molecule has 4 fully saturated rings. The third kappa shape index (κ3) is 17.4. The summed E-state index contributed by atoms with van der Waals surface area (Å²) in [5.41, 5.74) is 3.42. The molecule has 4 aromatic heterocycles. The first-order valence-electron chi connectivity index (χ1n) is 33.4. The lowest BCUT2D eigenvalue weighted by Gasteiger charge is -2.34. The number of ketones is 1.